The van der Waals surface area contributed by atoms with Crippen LogP contribution in [0.1, 0.15) is 18.2 Å². The fourth-order valence-electron chi connectivity index (χ4n) is 1.79. The quantitative estimate of drug-likeness (QED) is 0.908. The molecule has 0 aromatic carbocycles. The molecule has 0 aliphatic heterocycles. The van der Waals surface area contributed by atoms with Gasteiger partial charge in [-0.25, -0.2) is 19.3 Å². The highest BCUT2D eigenvalue weighted by Crippen LogP contribution is 2.18. The second-order valence-corrected chi connectivity index (χ2v) is 4.26. The van der Waals surface area contributed by atoms with Crippen LogP contribution < -0.4 is 10.6 Å². The minimum atomic E-state index is -0.365. The highest BCUT2D eigenvalue weighted by Gasteiger charge is 2.13. The Morgan fingerprint density at radius 1 is 1.26 bits per heavy atom. The van der Waals surface area contributed by atoms with Gasteiger partial charge in [0.25, 0.3) is 0 Å². The summed E-state index contributed by atoms with van der Waals surface area (Å²) in [5, 5.41) is 0. The highest BCUT2D eigenvalue weighted by atomic mass is 19.1. The number of hydrogen-bond donors (Lipinski definition) is 1. The maximum Gasteiger partial charge on any atom is 0.187 e. The van der Waals surface area contributed by atoms with Gasteiger partial charge >= 0.3 is 0 Å². The van der Waals surface area contributed by atoms with Gasteiger partial charge in [0.05, 0.1) is 5.69 Å². The van der Waals surface area contributed by atoms with Crippen LogP contribution in [0.5, 0.6) is 0 Å². The number of nitrogen functional groups attached to an aromatic ring is 1. The lowest BCUT2D eigenvalue weighted by molar-refractivity contribution is 0.587. The number of nitrogens with two attached hydrogens (primary N) is 1. The van der Waals surface area contributed by atoms with Gasteiger partial charge in [-0.15, -0.1) is 0 Å². The van der Waals surface area contributed by atoms with Crippen molar-refractivity contribution in [1.82, 2.24) is 15.0 Å². The van der Waals surface area contributed by atoms with Crippen molar-refractivity contribution in [3.05, 3.63) is 41.7 Å². The lowest BCUT2D eigenvalue weighted by atomic mass is 10.2. The standard InChI is InChI=1S/C13H16FN5/c1-3-10-12(14)13(18-8-17-10)19(2)7-9-4-5-11(15)16-6-9/h4-6,8H,3,7H2,1-2H3,(H2,15,16). The lowest BCUT2D eigenvalue weighted by Crippen LogP contribution is -2.20. The van der Waals surface area contributed by atoms with E-state index in [0.29, 0.717) is 30.3 Å². The summed E-state index contributed by atoms with van der Waals surface area (Å²) in [6, 6.07) is 3.58. The summed E-state index contributed by atoms with van der Waals surface area (Å²) in [6.45, 7) is 2.36. The van der Waals surface area contributed by atoms with E-state index < -0.39 is 0 Å². The van der Waals surface area contributed by atoms with E-state index in [-0.39, 0.29) is 5.82 Å². The zero-order valence-corrected chi connectivity index (χ0v) is 11.0. The number of rotatable bonds is 4. The molecule has 2 N–H and O–H groups in total. The highest BCUT2D eigenvalue weighted by molar-refractivity contribution is 5.41. The summed E-state index contributed by atoms with van der Waals surface area (Å²) in [5.74, 6) is 0.396. The van der Waals surface area contributed by atoms with Gasteiger partial charge in [-0.1, -0.05) is 13.0 Å². The second-order valence-electron chi connectivity index (χ2n) is 4.26. The minimum absolute atomic E-state index is 0.295. The number of aromatic nitrogens is 3. The van der Waals surface area contributed by atoms with E-state index in [1.807, 2.05) is 13.0 Å². The van der Waals surface area contributed by atoms with Crippen molar-refractivity contribution in [2.75, 3.05) is 17.7 Å². The molecule has 6 heteroatoms. The van der Waals surface area contributed by atoms with Gasteiger partial charge in [-0.05, 0) is 18.1 Å². The molecule has 0 spiro atoms. The summed E-state index contributed by atoms with van der Waals surface area (Å²) in [4.78, 5) is 13.6. The first-order valence-electron chi connectivity index (χ1n) is 6.02. The van der Waals surface area contributed by atoms with Gasteiger partial charge < -0.3 is 10.6 Å². The summed E-state index contributed by atoms with van der Waals surface area (Å²) >= 11 is 0. The SMILES string of the molecule is CCc1ncnc(N(C)Cc2ccc(N)nc2)c1F. The van der Waals surface area contributed by atoms with Gasteiger partial charge in [0, 0.05) is 19.8 Å². The van der Waals surface area contributed by atoms with Crippen LogP contribution in [0, 0.1) is 5.82 Å². The maximum atomic E-state index is 14.1. The van der Waals surface area contributed by atoms with Crippen LogP contribution in [0.4, 0.5) is 16.0 Å². The number of pyridine rings is 1. The first kappa shape index (κ1) is 13.2. The molecule has 0 aliphatic carbocycles. The molecular weight excluding hydrogens is 245 g/mol. The molecule has 0 saturated heterocycles. The van der Waals surface area contributed by atoms with E-state index in [1.54, 1.807) is 24.2 Å². The smallest absolute Gasteiger partial charge is 0.187 e. The van der Waals surface area contributed by atoms with E-state index in [9.17, 15) is 4.39 Å². The van der Waals surface area contributed by atoms with E-state index in [1.165, 1.54) is 6.33 Å². The maximum absolute atomic E-state index is 14.1. The fourth-order valence-corrected chi connectivity index (χ4v) is 1.79. The number of halogens is 1. The number of aryl methyl sites for hydroxylation is 1. The second kappa shape index (κ2) is 5.60. The molecule has 0 aliphatic rings. The van der Waals surface area contributed by atoms with Crippen LogP contribution in [0.2, 0.25) is 0 Å². The molecule has 0 amide bonds. The third-order valence-electron chi connectivity index (χ3n) is 2.81. The Hall–Kier alpha value is -2.24. The molecule has 0 bridgehead atoms. The van der Waals surface area contributed by atoms with Crippen LogP contribution in [0.3, 0.4) is 0 Å². The zero-order valence-electron chi connectivity index (χ0n) is 11.0. The molecule has 2 aromatic heterocycles. The minimum Gasteiger partial charge on any atom is -0.384 e. The van der Waals surface area contributed by atoms with Gasteiger partial charge in [0.15, 0.2) is 11.6 Å². The molecule has 0 unspecified atom stereocenters. The van der Waals surface area contributed by atoms with E-state index in [0.717, 1.165) is 5.56 Å². The molecule has 0 fully saturated rings. The van der Waals surface area contributed by atoms with E-state index >= 15 is 0 Å². The van der Waals surface area contributed by atoms with Crippen molar-refractivity contribution in [2.24, 2.45) is 0 Å². The van der Waals surface area contributed by atoms with Gasteiger partial charge in [0.1, 0.15) is 12.1 Å². The number of anilines is 2. The predicted molar refractivity (Wildman–Crippen MR) is 72.1 cm³/mol. The van der Waals surface area contributed by atoms with Gasteiger partial charge in [-0.2, -0.15) is 0 Å². The molecule has 2 rings (SSSR count). The topological polar surface area (TPSA) is 67.9 Å². The average Bonchev–Trinajstić information content (AvgIpc) is 2.41. The Morgan fingerprint density at radius 2 is 2.05 bits per heavy atom. The van der Waals surface area contributed by atoms with Crippen LogP contribution in [0.25, 0.3) is 0 Å². The van der Waals surface area contributed by atoms with Crippen molar-refractivity contribution in [3.63, 3.8) is 0 Å². The molecule has 2 heterocycles. The third-order valence-corrected chi connectivity index (χ3v) is 2.81. The zero-order chi connectivity index (χ0) is 13.8. The molecule has 5 nitrogen and oxygen atoms in total. The Morgan fingerprint density at radius 3 is 2.68 bits per heavy atom. The van der Waals surface area contributed by atoms with Crippen LogP contribution in [0.15, 0.2) is 24.7 Å². The fraction of sp³-hybridized carbons (Fsp3) is 0.308. The molecule has 0 atom stereocenters. The van der Waals surface area contributed by atoms with Crippen molar-refractivity contribution in [3.8, 4) is 0 Å². The number of nitrogens with zero attached hydrogens (tertiary/aromatic N) is 4. The van der Waals surface area contributed by atoms with Gasteiger partial charge in [-0.3, -0.25) is 0 Å². The predicted octanol–water partition coefficient (Wildman–Crippen LogP) is 1.79. The van der Waals surface area contributed by atoms with Gasteiger partial charge in [0.2, 0.25) is 0 Å². The molecular formula is C13H16FN5. The monoisotopic (exact) mass is 261 g/mol. The number of hydrogen-bond acceptors (Lipinski definition) is 5. The molecule has 0 saturated carbocycles. The Labute approximate surface area is 111 Å². The average molecular weight is 261 g/mol. The third kappa shape index (κ3) is 2.96. The lowest BCUT2D eigenvalue weighted by Gasteiger charge is -2.19. The molecule has 2 aromatic rings. The Bertz CT molecular complexity index is 555. The van der Waals surface area contributed by atoms with Crippen molar-refractivity contribution >= 4 is 11.6 Å². The first-order valence-corrected chi connectivity index (χ1v) is 6.02. The molecule has 19 heavy (non-hydrogen) atoms. The summed E-state index contributed by atoms with van der Waals surface area (Å²) in [6.07, 6.45) is 3.60. The van der Waals surface area contributed by atoms with Crippen molar-refractivity contribution < 1.29 is 4.39 Å². The van der Waals surface area contributed by atoms with Crippen LogP contribution in [-0.2, 0) is 13.0 Å². The van der Waals surface area contributed by atoms with E-state index in [4.69, 9.17) is 5.73 Å². The molecule has 100 valence electrons. The van der Waals surface area contributed by atoms with Crippen LogP contribution >= 0.6 is 0 Å². The largest absolute Gasteiger partial charge is 0.384 e. The summed E-state index contributed by atoms with van der Waals surface area (Å²) in [7, 11) is 1.78. The first-order chi connectivity index (χ1) is 9.11. The summed E-state index contributed by atoms with van der Waals surface area (Å²) in [5.41, 5.74) is 6.89. The van der Waals surface area contributed by atoms with Crippen molar-refractivity contribution in [1.29, 1.82) is 0 Å². The molecule has 0 radical (unpaired) electrons. The summed E-state index contributed by atoms with van der Waals surface area (Å²) < 4.78 is 14.1. The van der Waals surface area contributed by atoms with Crippen LogP contribution in [-0.4, -0.2) is 22.0 Å². The normalized spacial score (nSPS) is 10.5. The van der Waals surface area contributed by atoms with E-state index in [2.05, 4.69) is 15.0 Å². The Balaban J connectivity index is 2.20. The Kier molecular flexibility index (Phi) is 3.89. The van der Waals surface area contributed by atoms with Crippen molar-refractivity contribution in [2.45, 2.75) is 19.9 Å².